The van der Waals surface area contributed by atoms with Gasteiger partial charge in [-0.1, -0.05) is 18.2 Å². The van der Waals surface area contributed by atoms with Crippen molar-refractivity contribution in [3.63, 3.8) is 0 Å². The molecule has 1 saturated heterocycles. The van der Waals surface area contributed by atoms with Crippen LogP contribution in [0.5, 0.6) is 0 Å². The summed E-state index contributed by atoms with van der Waals surface area (Å²) in [4.78, 5) is 39.0. The first-order valence-corrected chi connectivity index (χ1v) is 11.6. The molecule has 0 radical (unpaired) electrons. The van der Waals surface area contributed by atoms with Crippen molar-refractivity contribution in [3.8, 4) is 0 Å². The lowest BCUT2D eigenvalue weighted by Gasteiger charge is -2.12. The fraction of sp³-hybridized carbons (Fsp3) is 0.174. The first-order valence-electron chi connectivity index (χ1n) is 9.74. The van der Waals surface area contributed by atoms with Crippen LogP contribution in [0.1, 0.15) is 25.5 Å². The Labute approximate surface area is 197 Å². The summed E-state index contributed by atoms with van der Waals surface area (Å²) in [5, 5.41) is 3.29. The lowest BCUT2D eigenvalue weighted by Crippen LogP contribution is -2.36. The minimum Gasteiger partial charge on any atom is -0.344 e. The molecule has 1 fully saturated rings. The van der Waals surface area contributed by atoms with E-state index in [4.69, 9.17) is 0 Å². The van der Waals surface area contributed by atoms with E-state index in [-0.39, 0.29) is 12.6 Å². The summed E-state index contributed by atoms with van der Waals surface area (Å²) in [6, 6.07) is 15.5. The number of nitrogens with one attached hydrogen (secondary N) is 1. The van der Waals surface area contributed by atoms with Gasteiger partial charge in [0.25, 0.3) is 11.1 Å². The topological polar surface area (TPSA) is 71.4 Å². The zero-order valence-electron chi connectivity index (χ0n) is 17.0. The molecule has 1 aliphatic rings. The van der Waals surface area contributed by atoms with Crippen molar-refractivity contribution in [1.82, 2.24) is 9.47 Å². The number of thioether (sulfide) groups is 1. The highest BCUT2D eigenvalue weighted by Crippen LogP contribution is 2.34. The van der Waals surface area contributed by atoms with Crippen LogP contribution in [0, 0.1) is 3.57 Å². The van der Waals surface area contributed by atoms with Crippen molar-refractivity contribution in [2.24, 2.45) is 0 Å². The molecular weight excluding hydrogens is 525 g/mol. The Morgan fingerprint density at radius 1 is 1.13 bits per heavy atom. The number of hydrogen-bond donors (Lipinski definition) is 1. The van der Waals surface area contributed by atoms with Gasteiger partial charge >= 0.3 is 0 Å². The van der Waals surface area contributed by atoms with Gasteiger partial charge in [0.2, 0.25) is 5.91 Å². The Hall–Kier alpha value is -2.59. The van der Waals surface area contributed by atoms with E-state index in [1.807, 2.05) is 42.6 Å². The van der Waals surface area contributed by atoms with E-state index in [0.717, 1.165) is 36.7 Å². The third-order valence-electron chi connectivity index (χ3n) is 4.92. The summed E-state index contributed by atoms with van der Waals surface area (Å²) < 4.78 is 3.19. The molecule has 1 N–H and O–H groups in total. The minimum absolute atomic E-state index is 0.257. The van der Waals surface area contributed by atoms with Gasteiger partial charge in [-0.15, -0.1) is 0 Å². The Morgan fingerprint density at radius 3 is 2.55 bits per heavy atom. The minimum atomic E-state index is -0.450. The second-order valence-corrected chi connectivity index (χ2v) is 9.66. The molecule has 0 saturated carbocycles. The van der Waals surface area contributed by atoms with Gasteiger partial charge in [-0.2, -0.15) is 0 Å². The molecule has 0 unspecified atom stereocenters. The van der Waals surface area contributed by atoms with Gasteiger partial charge in [-0.25, -0.2) is 0 Å². The highest BCUT2D eigenvalue weighted by atomic mass is 127. The molecule has 1 aromatic heterocycles. The number of imide groups is 1. The van der Waals surface area contributed by atoms with E-state index in [2.05, 4.69) is 46.3 Å². The Balaban J connectivity index is 1.54. The molecule has 1 aliphatic heterocycles. The summed E-state index contributed by atoms with van der Waals surface area (Å²) >= 11 is 3.04. The fourth-order valence-electron chi connectivity index (χ4n) is 3.43. The van der Waals surface area contributed by atoms with Crippen molar-refractivity contribution < 1.29 is 14.4 Å². The van der Waals surface area contributed by atoms with Gasteiger partial charge in [0.15, 0.2) is 0 Å². The molecule has 3 amide bonds. The molecule has 0 aliphatic carbocycles. The van der Waals surface area contributed by atoms with Crippen molar-refractivity contribution in [2.75, 3.05) is 11.9 Å². The SMILES string of the molecule is CC(C)n1cc(/C=C2/SC(=O)N(CC(=O)Nc3ccc(I)cc3)C2=O)c2ccccc21. The monoisotopic (exact) mass is 545 g/mol. The van der Waals surface area contributed by atoms with E-state index in [1.54, 1.807) is 18.2 Å². The maximum absolute atomic E-state index is 12.9. The van der Waals surface area contributed by atoms with Crippen LogP contribution >= 0.6 is 34.4 Å². The largest absolute Gasteiger partial charge is 0.344 e. The predicted molar refractivity (Wildman–Crippen MR) is 133 cm³/mol. The van der Waals surface area contributed by atoms with Crippen LogP contribution in [0.2, 0.25) is 0 Å². The van der Waals surface area contributed by atoms with Crippen LogP contribution in [0.15, 0.2) is 59.6 Å². The predicted octanol–water partition coefficient (Wildman–Crippen LogP) is 5.50. The third kappa shape index (κ3) is 4.54. The van der Waals surface area contributed by atoms with Crippen LogP contribution < -0.4 is 5.32 Å². The zero-order valence-corrected chi connectivity index (χ0v) is 19.9. The molecule has 4 rings (SSSR count). The molecule has 2 heterocycles. The number of benzene rings is 2. The van der Waals surface area contributed by atoms with Gasteiger partial charge in [0, 0.05) is 38.0 Å². The molecule has 158 valence electrons. The maximum atomic E-state index is 12.9. The summed E-state index contributed by atoms with van der Waals surface area (Å²) in [6.45, 7) is 3.87. The normalized spacial score (nSPS) is 15.5. The van der Waals surface area contributed by atoms with E-state index >= 15 is 0 Å². The third-order valence-corrected chi connectivity index (χ3v) is 6.54. The summed E-state index contributed by atoms with van der Waals surface area (Å²) in [5.74, 6) is -0.865. The van der Waals surface area contributed by atoms with Crippen molar-refractivity contribution in [3.05, 3.63) is 68.8 Å². The quantitative estimate of drug-likeness (QED) is 0.340. The summed E-state index contributed by atoms with van der Waals surface area (Å²) in [7, 11) is 0. The number of carbonyl (C=O) groups excluding carboxylic acids is 3. The summed E-state index contributed by atoms with van der Waals surface area (Å²) in [6.07, 6.45) is 3.73. The van der Waals surface area contributed by atoms with Crippen LogP contribution in [0.25, 0.3) is 17.0 Å². The van der Waals surface area contributed by atoms with Crippen LogP contribution in [0.3, 0.4) is 0 Å². The highest BCUT2D eigenvalue weighted by molar-refractivity contribution is 14.1. The standard InChI is InChI=1S/C23H20IN3O3S/c1-14(2)26-12-15(18-5-3-4-6-19(18)26)11-20-22(29)27(23(30)31-20)13-21(28)25-17-9-7-16(24)8-10-17/h3-12,14H,13H2,1-2H3,(H,25,28)/b20-11+. The van der Waals surface area contributed by atoms with Crippen LogP contribution in [-0.4, -0.2) is 33.1 Å². The highest BCUT2D eigenvalue weighted by Gasteiger charge is 2.36. The Morgan fingerprint density at radius 2 is 1.84 bits per heavy atom. The number of hydrogen-bond acceptors (Lipinski definition) is 4. The number of rotatable bonds is 5. The molecule has 31 heavy (non-hydrogen) atoms. The number of fused-ring (bicyclic) bond motifs is 1. The molecule has 8 heteroatoms. The number of anilines is 1. The molecule has 6 nitrogen and oxygen atoms in total. The first-order chi connectivity index (χ1) is 14.8. The molecule has 0 bridgehead atoms. The second-order valence-electron chi connectivity index (χ2n) is 7.43. The van der Waals surface area contributed by atoms with E-state index in [0.29, 0.717) is 10.6 Å². The van der Waals surface area contributed by atoms with E-state index in [1.165, 1.54) is 0 Å². The molecule has 0 spiro atoms. The Kier molecular flexibility index (Phi) is 6.19. The number of amides is 3. The number of aromatic nitrogens is 1. The van der Waals surface area contributed by atoms with Crippen molar-refractivity contribution in [2.45, 2.75) is 19.9 Å². The molecule has 3 aromatic rings. The van der Waals surface area contributed by atoms with Crippen LogP contribution in [0.4, 0.5) is 10.5 Å². The number of nitrogens with zero attached hydrogens (tertiary/aromatic N) is 2. The lowest BCUT2D eigenvalue weighted by molar-refractivity contribution is -0.127. The average molecular weight is 545 g/mol. The van der Waals surface area contributed by atoms with Gasteiger partial charge < -0.3 is 9.88 Å². The van der Waals surface area contributed by atoms with Crippen LogP contribution in [-0.2, 0) is 9.59 Å². The van der Waals surface area contributed by atoms with Gasteiger partial charge in [-0.05, 0) is 84.6 Å². The van der Waals surface area contributed by atoms with Crippen molar-refractivity contribution >= 4 is 74.1 Å². The van der Waals surface area contributed by atoms with E-state index < -0.39 is 17.1 Å². The zero-order chi connectivity index (χ0) is 22.1. The lowest BCUT2D eigenvalue weighted by atomic mass is 10.1. The van der Waals surface area contributed by atoms with Gasteiger partial charge in [0.05, 0.1) is 4.91 Å². The van der Waals surface area contributed by atoms with E-state index in [9.17, 15) is 14.4 Å². The maximum Gasteiger partial charge on any atom is 0.294 e. The van der Waals surface area contributed by atoms with Gasteiger partial charge in [0.1, 0.15) is 6.54 Å². The number of carbonyl (C=O) groups is 3. The molecule has 0 atom stereocenters. The van der Waals surface area contributed by atoms with Crippen molar-refractivity contribution in [1.29, 1.82) is 0 Å². The summed E-state index contributed by atoms with van der Waals surface area (Å²) in [5.41, 5.74) is 2.56. The second kappa shape index (κ2) is 8.88. The van der Waals surface area contributed by atoms with Gasteiger partial charge in [-0.3, -0.25) is 19.3 Å². The first kappa shape index (κ1) is 21.6. The average Bonchev–Trinajstić information content (AvgIpc) is 3.23. The number of para-hydroxylation sites is 1. The number of halogens is 1. The Bertz CT molecular complexity index is 1210. The molecule has 2 aromatic carbocycles. The molecular formula is C23H20IN3O3S. The fourth-order valence-corrected chi connectivity index (χ4v) is 4.62. The smallest absolute Gasteiger partial charge is 0.294 e.